The molecule has 1 aliphatic carbocycles. The fourth-order valence-electron chi connectivity index (χ4n) is 3.43. The number of rotatable bonds is 6. The third kappa shape index (κ3) is 3.14. The molecule has 20 heavy (non-hydrogen) atoms. The Bertz CT molecular complexity index is 420. The van der Waals surface area contributed by atoms with Gasteiger partial charge in [-0.05, 0) is 35.2 Å². The van der Waals surface area contributed by atoms with Gasteiger partial charge in [0.15, 0.2) is 0 Å². The summed E-state index contributed by atoms with van der Waals surface area (Å²) in [4.78, 5) is 2.60. The van der Waals surface area contributed by atoms with Gasteiger partial charge in [-0.25, -0.2) is 0 Å². The summed E-state index contributed by atoms with van der Waals surface area (Å²) in [6, 6.07) is 2.80. The molecule has 3 atom stereocenters. The van der Waals surface area contributed by atoms with Gasteiger partial charge in [-0.3, -0.25) is 4.90 Å². The number of hydrogen-bond acceptors (Lipinski definition) is 4. The van der Waals surface area contributed by atoms with E-state index in [0.29, 0.717) is 24.7 Å². The predicted octanol–water partition coefficient (Wildman–Crippen LogP) is 2.93. The molecule has 2 heterocycles. The van der Waals surface area contributed by atoms with E-state index in [2.05, 4.69) is 28.3 Å². The van der Waals surface area contributed by atoms with Crippen LogP contribution in [0.4, 0.5) is 0 Å². The van der Waals surface area contributed by atoms with Crippen molar-refractivity contribution in [3.63, 3.8) is 0 Å². The van der Waals surface area contributed by atoms with E-state index in [1.54, 1.807) is 11.3 Å². The van der Waals surface area contributed by atoms with Gasteiger partial charge in [0.05, 0.1) is 25.9 Å². The van der Waals surface area contributed by atoms with Crippen molar-refractivity contribution >= 4 is 11.3 Å². The maximum Gasteiger partial charge on any atom is 0.0781 e. The molecule has 1 aliphatic heterocycles. The van der Waals surface area contributed by atoms with Crippen LogP contribution < -0.4 is 0 Å². The van der Waals surface area contributed by atoms with Crippen molar-refractivity contribution in [3.05, 3.63) is 35.0 Å². The van der Waals surface area contributed by atoms with Gasteiger partial charge >= 0.3 is 0 Å². The fourth-order valence-corrected chi connectivity index (χ4v) is 4.09. The van der Waals surface area contributed by atoms with Gasteiger partial charge in [-0.2, -0.15) is 11.3 Å². The molecule has 0 N–H and O–H groups in total. The highest BCUT2D eigenvalue weighted by Crippen LogP contribution is 2.35. The van der Waals surface area contributed by atoms with Crippen LogP contribution in [0, 0.1) is 5.92 Å². The largest absolute Gasteiger partial charge is 0.377 e. The van der Waals surface area contributed by atoms with Crippen molar-refractivity contribution in [1.29, 1.82) is 0 Å². The van der Waals surface area contributed by atoms with Crippen LogP contribution in [0.2, 0.25) is 0 Å². The fraction of sp³-hybridized carbons (Fsp3) is 0.625. The average molecular weight is 293 g/mol. The van der Waals surface area contributed by atoms with Crippen molar-refractivity contribution in [2.75, 3.05) is 26.4 Å². The van der Waals surface area contributed by atoms with Crippen molar-refractivity contribution < 1.29 is 9.47 Å². The Morgan fingerprint density at radius 1 is 1.50 bits per heavy atom. The van der Waals surface area contributed by atoms with Gasteiger partial charge < -0.3 is 9.47 Å². The Kier molecular flexibility index (Phi) is 4.89. The highest BCUT2D eigenvalue weighted by Gasteiger charge is 2.42. The second kappa shape index (κ2) is 6.85. The zero-order valence-electron chi connectivity index (χ0n) is 11.9. The molecule has 0 aromatic carbocycles. The van der Waals surface area contributed by atoms with Gasteiger partial charge in [0.1, 0.15) is 0 Å². The summed E-state index contributed by atoms with van der Waals surface area (Å²) in [5.41, 5.74) is 1.43. The molecule has 110 valence electrons. The summed E-state index contributed by atoms with van der Waals surface area (Å²) in [5, 5.41) is 4.41. The summed E-state index contributed by atoms with van der Waals surface area (Å²) < 4.78 is 11.7. The summed E-state index contributed by atoms with van der Waals surface area (Å²) in [7, 11) is 0. The molecule has 0 spiro atoms. The topological polar surface area (TPSA) is 21.7 Å². The van der Waals surface area contributed by atoms with Crippen LogP contribution >= 0.6 is 11.3 Å². The van der Waals surface area contributed by atoms with Crippen LogP contribution in [0.3, 0.4) is 0 Å². The van der Waals surface area contributed by atoms with Gasteiger partial charge in [0, 0.05) is 25.0 Å². The Labute approximate surface area is 125 Å². The Morgan fingerprint density at radius 3 is 3.25 bits per heavy atom. The molecular weight excluding hydrogens is 270 g/mol. The van der Waals surface area contributed by atoms with Crippen LogP contribution in [0.1, 0.15) is 18.4 Å². The molecule has 1 aromatic rings. The predicted molar refractivity (Wildman–Crippen MR) is 82.0 cm³/mol. The zero-order valence-corrected chi connectivity index (χ0v) is 12.7. The van der Waals surface area contributed by atoms with Gasteiger partial charge in [-0.1, -0.05) is 6.08 Å². The molecule has 2 aliphatic rings. The van der Waals surface area contributed by atoms with E-state index in [0.717, 1.165) is 26.3 Å². The summed E-state index contributed by atoms with van der Waals surface area (Å²) in [6.07, 6.45) is 4.62. The first-order valence-electron chi connectivity index (χ1n) is 7.44. The number of fused-ring (bicyclic) bond motifs is 1. The average Bonchev–Trinajstić information content (AvgIpc) is 3.10. The maximum atomic E-state index is 6.05. The SMILES string of the molecule is C=CCOCC1CCC2C1OCCN2Cc1ccsc1. The first-order chi connectivity index (χ1) is 9.88. The second-order valence-corrected chi connectivity index (χ2v) is 6.45. The molecule has 3 rings (SSSR count). The van der Waals surface area contributed by atoms with Crippen molar-refractivity contribution in [2.45, 2.75) is 31.5 Å². The van der Waals surface area contributed by atoms with Gasteiger partial charge in [0.2, 0.25) is 0 Å². The lowest BCUT2D eigenvalue weighted by Crippen LogP contribution is -2.50. The highest BCUT2D eigenvalue weighted by atomic mass is 32.1. The highest BCUT2D eigenvalue weighted by molar-refractivity contribution is 7.07. The summed E-state index contributed by atoms with van der Waals surface area (Å²) in [6.45, 7) is 8.11. The minimum Gasteiger partial charge on any atom is -0.377 e. The molecule has 0 radical (unpaired) electrons. The monoisotopic (exact) mass is 293 g/mol. The Balaban J connectivity index is 1.58. The number of ether oxygens (including phenoxy) is 2. The van der Waals surface area contributed by atoms with Crippen LogP contribution in [-0.4, -0.2) is 43.4 Å². The molecule has 0 amide bonds. The smallest absolute Gasteiger partial charge is 0.0781 e. The van der Waals surface area contributed by atoms with E-state index >= 15 is 0 Å². The standard InChI is InChI=1S/C16H23NO2S/c1-2-7-18-11-14-3-4-15-16(14)19-8-6-17(15)10-13-5-9-20-12-13/h2,5,9,12,14-16H,1,3-4,6-8,10-11H2. The molecule has 2 fully saturated rings. The van der Waals surface area contributed by atoms with Gasteiger partial charge in [-0.15, -0.1) is 6.58 Å². The molecule has 0 bridgehead atoms. The lowest BCUT2D eigenvalue weighted by Gasteiger charge is -2.39. The maximum absolute atomic E-state index is 6.05. The van der Waals surface area contributed by atoms with Crippen molar-refractivity contribution in [3.8, 4) is 0 Å². The van der Waals surface area contributed by atoms with Crippen LogP contribution in [-0.2, 0) is 16.0 Å². The molecular formula is C16H23NO2S. The Morgan fingerprint density at radius 2 is 2.45 bits per heavy atom. The van der Waals surface area contributed by atoms with Crippen LogP contribution in [0.25, 0.3) is 0 Å². The van der Waals surface area contributed by atoms with E-state index in [4.69, 9.17) is 9.47 Å². The number of morpholine rings is 1. The lowest BCUT2D eigenvalue weighted by atomic mass is 10.0. The Hall–Kier alpha value is -0.680. The first-order valence-corrected chi connectivity index (χ1v) is 8.38. The van der Waals surface area contributed by atoms with E-state index in [9.17, 15) is 0 Å². The van der Waals surface area contributed by atoms with Crippen LogP contribution in [0.15, 0.2) is 29.5 Å². The molecule has 4 heteroatoms. The number of hydrogen-bond donors (Lipinski definition) is 0. The van der Waals surface area contributed by atoms with E-state index in [1.807, 2.05) is 6.08 Å². The molecule has 1 saturated heterocycles. The summed E-state index contributed by atoms with van der Waals surface area (Å²) in [5.74, 6) is 0.547. The van der Waals surface area contributed by atoms with Crippen molar-refractivity contribution in [1.82, 2.24) is 4.90 Å². The minimum absolute atomic E-state index is 0.354. The van der Waals surface area contributed by atoms with Crippen molar-refractivity contribution in [2.24, 2.45) is 5.92 Å². The molecule has 3 unspecified atom stereocenters. The van der Waals surface area contributed by atoms with E-state index in [-0.39, 0.29) is 0 Å². The zero-order chi connectivity index (χ0) is 13.8. The minimum atomic E-state index is 0.354. The number of thiophene rings is 1. The van der Waals surface area contributed by atoms with E-state index in [1.165, 1.54) is 18.4 Å². The summed E-state index contributed by atoms with van der Waals surface area (Å²) >= 11 is 1.78. The molecule has 3 nitrogen and oxygen atoms in total. The number of nitrogens with zero attached hydrogens (tertiary/aromatic N) is 1. The normalized spacial score (nSPS) is 30.3. The molecule has 1 aromatic heterocycles. The second-order valence-electron chi connectivity index (χ2n) is 5.67. The van der Waals surface area contributed by atoms with Crippen LogP contribution in [0.5, 0.6) is 0 Å². The third-order valence-electron chi connectivity index (χ3n) is 4.37. The van der Waals surface area contributed by atoms with E-state index < -0.39 is 0 Å². The first kappa shape index (κ1) is 14.3. The molecule has 1 saturated carbocycles. The third-order valence-corrected chi connectivity index (χ3v) is 5.10. The quantitative estimate of drug-likeness (QED) is 0.594. The lowest BCUT2D eigenvalue weighted by molar-refractivity contribution is -0.0868. The van der Waals surface area contributed by atoms with Gasteiger partial charge in [0.25, 0.3) is 0 Å².